The summed E-state index contributed by atoms with van der Waals surface area (Å²) in [5.41, 5.74) is 7.87. The number of rotatable bonds is 12. The van der Waals surface area contributed by atoms with E-state index in [0.29, 0.717) is 135 Å². The molecule has 3 fully saturated rings. The molecule has 3 amide bonds. The number of pyridine rings is 4. The zero-order valence-electron chi connectivity index (χ0n) is 54.9. The van der Waals surface area contributed by atoms with Crippen molar-refractivity contribution in [3.05, 3.63) is 256 Å². The SMILES string of the molecule is Cc1ccc2c(c1)c(N1CCN(C(=O)c3ccc(Cl)cc3)CC1)c(C#N)c(=O)n2CCCN(C)C.Cn1c(=O)c(C#N)c(N2CCN(C(=O)c3ccncc3)CC2)c2ccccc21.N#Cc1c(N2CCN(C(=O)c3ccc(Cl)cc3)CC2)c2ccccc2n(Cc2ccccc2)c1=O. The van der Waals surface area contributed by atoms with E-state index in [4.69, 9.17) is 23.2 Å². The molecule has 496 valence electrons. The predicted molar refractivity (Wildman–Crippen MR) is 385 cm³/mol. The van der Waals surface area contributed by atoms with Crippen LogP contribution in [0.4, 0.5) is 17.1 Å². The molecule has 3 aliphatic heterocycles. The smallest absolute Gasteiger partial charge is 0.271 e. The molecular formula is C76H72Cl2N14O6. The first-order valence-corrected chi connectivity index (χ1v) is 33.1. The third-order valence-corrected chi connectivity index (χ3v) is 18.6. The van der Waals surface area contributed by atoms with Crippen molar-refractivity contribution >= 4 is 90.7 Å². The number of nitrogens with zero attached hydrogens (tertiary/aromatic N) is 14. The van der Waals surface area contributed by atoms with Crippen LogP contribution in [0.15, 0.2) is 185 Å². The molecule has 0 aliphatic carbocycles. The number of hydrogen-bond acceptors (Lipinski definition) is 14. The number of benzene rings is 6. The van der Waals surface area contributed by atoms with Crippen molar-refractivity contribution in [1.82, 2.24) is 38.3 Å². The van der Waals surface area contributed by atoms with Crippen LogP contribution in [0.1, 0.15) is 65.3 Å². The van der Waals surface area contributed by atoms with Crippen LogP contribution in [0.25, 0.3) is 32.7 Å². The Morgan fingerprint density at radius 3 is 1.34 bits per heavy atom. The Kier molecular flexibility index (Phi) is 21.4. The number of carbonyl (C=O) groups excluding carboxylic acids is 3. The highest BCUT2D eigenvalue weighted by Gasteiger charge is 2.31. The van der Waals surface area contributed by atoms with E-state index >= 15 is 0 Å². The lowest BCUT2D eigenvalue weighted by Gasteiger charge is -2.37. The number of aromatic nitrogens is 4. The topological polar surface area (TPSA) is 224 Å². The molecule has 0 bridgehead atoms. The van der Waals surface area contributed by atoms with Crippen molar-refractivity contribution in [3.63, 3.8) is 0 Å². The van der Waals surface area contributed by atoms with Crippen molar-refractivity contribution in [2.75, 3.05) is 114 Å². The average Bonchev–Trinajstić information content (AvgIpc) is 0.765. The maximum atomic E-state index is 13.5. The average molecular weight is 1350 g/mol. The van der Waals surface area contributed by atoms with Gasteiger partial charge in [-0.05, 0) is 124 Å². The standard InChI is InChI=1S/C28H23ClN4O2.C27H30ClN5O2.C21H19N5O2/c29-22-12-10-21(11-13-22)27(34)32-16-14-31(15-17-32)26-23-8-4-5-9-25(23)33(28(35)24(26)18-30)19-20-6-2-1-3-7-20;1-19-5-10-24-22(17-19)25(23(18-29)27(35)33(24)12-4-11-30(2)3)31-13-15-32(16-14-31)26(34)20-6-8-21(28)9-7-20;1-24-18-5-3-2-4-16(18)19(17(14-22)21(24)28)25-10-12-26(13-11-25)20(27)15-6-8-23-9-7-15/h1-13H,14-17,19H2;5-10,17H,4,11-16H2,1-3H3;2-9H,10-13H2,1H3. The van der Waals surface area contributed by atoms with E-state index < -0.39 is 0 Å². The molecule has 13 rings (SSSR count). The number of aryl methyl sites for hydroxylation is 3. The number of amides is 3. The first kappa shape index (κ1) is 68.3. The van der Waals surface area contributed by atoms with Gasteiger partial charge in [0.2, 0.25) is 0 Å². The molecule has 7 heterocycles. The van der Waals surface area contributed by atoms with Gasteiger partial charge in [-0.25, -0.2) is 0 Å². The van der Waals surface area contributed by atoms with Gasteiger partial charge in [-0.15, -0.1) is 0 Å². The molecule has 0 N–H and O–H groups in total. The van der Waals surface area contributed by atoms with Gasteiger partial charge < -0.3 is 48.0 Å². The lowest BCUT2D eigenvalue weighted by atomic mass is 10.0. The maximum Gasteiger partial charge on any atom is 0.271 e. The molecule has 0 saturated carbocycles. The third-order valence-electron chi connectivity index (χ3n) is 18.1. The lowest BCUT2D eigenvalue weighted by molar-refractivity contribution is 0.0739. The second-order valence-electron chi connectivity index (χ2n) is 24.5. The van der Waals surface area contributed by atoms with Crippen LogP contribution in [0.5, 0.6) is 0 Å². The van der Waals surface area contributed by atoms with Gasteiger partial charge >= 0.3 is 0 Å². The van der Waals surface area contributed by atoms with E-state index in [9.17, 15) is 44.6 Å². The Morgan fingerprint density at radius 1 is 0.469 bits per heavy atom. The number of para-hydroxylation sites is 2. The Balaban J connectivity index is 0.000000150. The highest BCUT2D eigenvalue weighted by Crippen LogP contribution is 2.34. The molecule has 0 unspecified atom stereocenters. The van der Waals surface area contributed by atoms with Gasteiger partial charge in [0.1, 0.15) is 34.9 Å². The minimum atomic E-state index is -0.301. The molecule has 22 heteroatoms. The normalized spacial score (nSPS) is 13.9. The number of anilines is 3. The molecular weight excluding hydrogens is 1280 g/mol. The Bertz CT molecular complexity index is 4940. The summed E-state index contributed by atoms with van der Waals surface area (Å²) in [6.07, 6.45) is 4.02. The number of fused-ring (bicyclic) bond motifs is 3. The second-order valence-corrected chi connectivity index (χ2v) is 25.4. The first-order valence-electron chi connectivity index (χ1n) is 32.4. The number of piperazine rings is 3. The fourth-order valence-corrected chi connectivity index (χ4v) is 13.3. The minimum Gasteiger partial charge on any atom is -0.366 e. The molecule has 0 radical (unpaired) electrons. The number of hydrogen-bond donors (Lipinski definition) is 0. The fraction of sp³-hybridized carbons (Fsp3) is 0.263. The predicted octanol–water partition coefficient (Wildman–Crippen LogP) is 10.1. The van der Waals surface area contributed by atoms with E-state index in [1.165, 1.54) is 4.57 Å². The Morgan fingerprint density at radius 2 is 0.867 bits per heavy atom. The van der Waals surface area contributed by atoms with Crippen molar-refractivity contribution in [2.45, 2.75) is 26.4 Å². The van der Waals surface area contributed by atoms with Gasteiger partial charge in [0.25, 0.3) is 34.4 Å². The summed E-state index contributed by atoms with van der Waals surface area (Å²) in [6.45, 7) is 10.1. The van der Waals surface area contributed by atoms with E-state index in [1.54, 1.807) is 99.0 Å². The van der Waals surface area contributed by atoms with Crippen LogP contribution in [0, 0.1) is 40.9 Å². The molecule has 98 heavy (non-hydrogen) atoms. The number of nitriles is 3. The summed E-state index contributed by atoms with van der Waals surface area (Å²) in [5, 5.41) is 33.5. The van der Waals surface area contributed by atoms with E-state index in [-0.39, 0.29) is 51.1 Å². The molecule has 3 saturated heterocycles. The van der Waals surface area contributed by atoms with Crippen molar-refractivity contribution in [3.8, 4) is 18.2 Å². The summed E-state index contributed by atoms with van der Waals surface area (Å²) in [4.78, 5) is 95.7. The molecule has 0 atom stereocenters. The van der Waals surface area contributed by atoms with Crippen LogP contribution >= 0.6 is 23.2 Å². The van der Waals surface area contributed by atoms with E-state index in [1.807, 2.05) is 122 Å². The maximum absolute atomic E-state index is 13.5. The lowest BCUT2D eigenvalue weighted by Crippen LogP contribution is -2.49. The highest BCUT2D eigenvalue weighted by atomic mass is 35.5. The third kappa shape index (κ3) is 14.7. The zero-order chi connectivity index (χ0) is 69.1. The van der Waals surface area contributed by atoms with Gasteiger partial charge in [0.05, 0.1) is 40.2 Å². The fourth-order valence-electron chi connectivity index (χ4n) is 13.0. The van der Waals surface area contributed by atoms with Crippen molar-refractivity contribution in [2.24, 2.45) is 7.05 Å². The van der Waals surface area contributed by atoms with Gasteiger partial charge in [-0.3, -0.25) is 33.8 Å². The summed E-state index contributed by atoms with van der Waals surface area (Å²) < 4.78 is 4.92. The monoisotopic (exact) mass is 1350 g/mol. The van der Waals surface area contributed by atoms with Crippen molar-refractivity contribution < 1.29 is 14.4 Å². The molecule has 4 aromatic heterocycles. The molecule has 10 aromatic rings. The summed E-state index contributed by atoms with van der Waals surface area (Å²) >= 11 is 11.9. The quantitative estimate of drug-likeness (QED) is 0.111. The van der Waals surface area contributed by atoms with Crippen LogP contribution in [0.3, 0.4) is 0 Å². The highest BCUT2D eigenvalue weighted by molar-refractivity contribution is 6.31. The summed E-state index contributed by atoms with van der Waals surface area (Å²) in [7, 11) is 5.69. The first-order chi connectivity index (χ1) is 47.5. The van der Waals surface area contributed by atoms with Crippen LogP contribution < -0.4 is 31.4 Å². The van der Waals surface area contributed by atoms with Gasteiger partial charge in [0.15, 0.2) is 0 Å². The van der Waals surface area contributed by atoms with Crippen LogP contribution in [0.2, 0.25) is 10.0 Å². The Hall–Kier alpha value is -11.1. The summed E-state index contributed by atoms with van der Waals surface area (Å²) in [5.74, 6) is -0.125. The number of carbonyl (C=O) groups is 3. The number of halogens is 2. The van der Waals surface area contributed by atoms with E-state index in [0.717, 1.165) is 56.8 Å². The zero-order valence-corrected chi connectivity index (χ0v) is 56.5. The van der Waals surface area contributed by atoms with E-state index in [2.05, 4.69) is 44.0 Å². The largest absolute Gasteiger partial charge is 0.366 e. The minimum absolute atomic E-state index is 0.0311. The van der Waals surface area contributed by atoms with Gasteiger partial charge in [0, 0.05) is 147 Å². The second kappa shape index (κ2) is 30.8. The van der Waals surface area contributed by atoms with Gasteiger partial charge in [-0.2, -0.15) is 15.8 Å². The molecule has 20 nitrogen and oxygen atoms in total. The van der Waals surface area contributed by atoms with Crippen LogP contribution in [-0.2, 0) is 20.1 Å². The summed E-state index contributed by atoms with van der Waals surface area (Å²) in [6, 6.07) is 54.7. The molecule has 6 aromatic carbocycles. The Labute approximate surface area is 577 Å². The van der Waals surface area contributed by atoms with Gasteiger partial charge in [-0.1, -0.05) is 102 Å². The van der Waals surface area contributed by atoms with Crippen molar-refractivity contribution in [1.29, 1.82) is 15.8 Å². The molecule has 0 spiro atoms. The van der Waals surface area contributed by atoms with Crippen LogP contribution in [-0.4, -0.2) is 155 Å². The molecule has 3 aliphatic rings.